The monoisotopic (exact) mass is 328 g/mol. The Labute approximate surface area is 140 Å². The van der Waals surface area contributed by atoms with Crippen LogP contribution in [0.5, 0.6) is 0 Å². The Kier molecular flexibility index (Phi) is 8.81. The smallest absolute Gasteiger partial charge is 0.350 e. The van der Waals surface area contributed by atoms with Crippen molar-refractivity contribution < 1.29 is 24.0 Å². The summed E-state index contributed by atoms with van der Waals surface area (Å²) in [7, 11) is 0. The van der Waals surface area contributed by atoms with Gasteiger partial charge in [0, 0.05) is 12.0 Å². The van der Waals surface area contributed by atoms with Crippen LogP contribution in [0, 0.1) is 5.41 Å². The molecule has 0 bridgehead atoms. The van der Waals surface area contributed by atoms with Crippen molar-refractivity contribution in [2.24, 2.45) is 5.41 Å². The van der Waals surface area contributed by atoms with Crippen molar-refractivity contribution >= 4 is 5.97 Å². The summed E-state index contributed by atoms with van der Waals surface area (Å²) < 4.78 is 11.1. The van der Waals surface area contributed by atoms with E-state index in [1.165, 1.54) is 12.8 Å². The first-order valence-corrected chi connectivity index (χ1v) is 8.69. The first-order chi connectivity index (χ1) is 10.9. The minimum atomic E-state index is -0.532. The average molecular weight is 328 g/mol. The first kappa shape index (κ1) is 20.1. The van der Waals surface area contributed by atoms with Crippen LogP contribution in [0.2, 0.25) is 0 Å². The van der Waals surface area contributed by atoms with Crippen molar-refractivity contribution in [2.45, 2.75) is 78.6 Å². The van der Waals surface area contributed by atoms with Gasteiger partial charge in [-0.3, -0.25) is 4.89 Å². The molecule has 1 fully saturated rings. The summed E-state index contributed by atoms with van der Waals surface area (Å²) in [4.78, 5) is 22.2. The van der Waals surface area contributed by atoms with E-state index in [1.54, 1.807) is 6.92 Å². The van der Waals surface area contributed by atoms with Gasteiger partial charge < -0.3 is 9.47 Å². The van der Waals surface area contributed by atoms with Gasteiger partial charge in [-0.15, -0.1) is 0 Å². The molecular formula is C18H32O5. The Morgan fingerprint density at radius 3 is 2.48 bits per heavy atom. The van der Waals surface area contributed by atoms with E-state index >= 15 is 0 Å². The van der Waals surface area contributed by atoms with E-state index in [0.29, 0.717) is 25.2 Å². The molecule has 0 amide bonds. The maximum absolute atomic E-state index is 11.7. The molecule has 2 atom stereocenters. The molecule has 0 aliphatic carbocycles. The molecule has 0 N–H and O–H groups in total. The number of carbonyl (C=O) groups is 1. The van der Waals surface area contributed by atoms with Crippen LogP contribution in [0.4, 0.5) is 0 Å². The van der Waals surface area contributed by atoms with Gasteiger partial charge in [0.15, 0.2) is 6.29 Å². The van der Waals surface area contributed by atoms with Crippen LogP contribution in [0.3, 0.4) is 0 Å². The summed E-state index contributed by atoms with van der Waals surface area (Å²) in [6, 6.07) is 0. The number of unbranched alkanes of at least 4 members (excludes halogenated alkanes) is 2. The van der Waals surface area contributed by atoms with E-state index in [-0.39, 0.29) is 17.8 Å². The summed E-state index contributed by atoms with van der Waals surface area (Å²) in [5.74, 6) is -0.532. The lowest BCUT2D eigenvalue weighted by Crippen LogP contribution is -2.38. The molecule has 1 aliphatic heterocycles. The Bertz CT molecular complexity index is 376. The van der Waals surface area contributed by atoms with Gasteiger partial charge in [0.2, 0.25) is 0 Å². The fourth-order valence-corrected chi connectivity index (χ4v) is 2.68. The molecule has 5 nitrogen and oxygen atoms in total. The predicted molar refractivity (Wildman–Crippen MR) is 88.6 cm³/mol. The zero-order chi connectivity index (χ0) is 17.3. The van der Waals surface area contributed by atoms with Crippen LogP contribution in [0.15, 0.2) is 12.2 Å². The van der Waals surface area contributed by atoms with Crippen LogP contribution >= 0.6 is 0 Å². The molecule has 2 unspecified atom stereocenters. The quantitative estimate of drug-likeness (QED) is 0.247. The predicted octanol–water partition coefficient (Wildman–Crippen LogP) is 4.17. The maximum Gasteiger partial charge on any atom is 0.368 e. The number of hydrogen-bond acceptors (Lipinski definition) is 5. The van der Waals surface area contributed by atoms with Crippen LogP contribution in [-0.2, 0) is 24.0 Å². The van der Waals surface area contributed by atoms with Crippen LogP contribution in [-0.4, -0.2) is 31.6 Å². The largest absolute Gasteiger partial charge is 0.368 e. The molecule has 0 spiro atoms. The Morgan fingerprint density at radius 1 is 1.30 bits per heavy atom. The third kappa shape index (κ3) is 6.61. The Balaban J connectivity index is 2.72. The number of rotatable bonds is 11. The number of hydrogen-bond donors (Lipinski definition) is 0. The molecule has 0 aromatic rings. The van der Waals surface area contributed by atoms with E-state index in [0.717, 1.165) is 19.3 Å². The number of carbonyl (C=O) groups excluding carboxylic acids is 1. The van der Waals surface area contributed by atoms with E-state index in [4.69, 9.17) is 19.2 Å². The van der Waals surface area contributed by atoms with Gasteiger partial charge in [-0.25, -0.2) is 4.79 Å². The molecule has 1 rings (SSSR count). The van der Waals surface area contributed by atoms with Gasteiger partial charge in [0.05, 0.1) is 13.2 Å². The molecule has 1 saturated heterocycles. The minimum Gasteiger partial charge on any atom is -0.350 e. The molecule has 134 valence electrons. The SMILES string of the molecule is C=C(C)C(=O)OOC(CC1OCCO1)C(C)(CC)CCCCC. The lowest BCUT2D eigenvalue weighted by atomic mass is 9.76. The van der Waals surface area contributed by atoms with Gasteiger partial charge in [-0.05, 0) is 25.2 Å². The van der Waals surface area contributed by atoms with Crippen molar-refractivity contribution in [3.63, 3.8) is 0 Å². The fraction of sp³-hybridized carbons (Fsp3) is 0.833. The second-order valence-electron chi connectivity index (χ2n) is 6.61. The summed E-state index contributed by atoms with van der Waals surface area (Å²) >= 11 is 0. The normalized spacial score (nSPS) is 19.3. The fourth-order valence-electron chi connectivity index (χ4n) is 2.68. The van der Waals surface area contributed by atoms with E-state index in [2.05, 4.69) is 27.4 Å². The lowest BCUT2D eigenvalue weighted by molar-refractivity contribution is -0.322. The van der Waals surface area contributed by atoms with Crippen molar-refractivity contribution in [1.29, 1.82) is 0 Å². The van der Waals surface area contributed by atoms with Crippen molar-refractivity contribution in [3.05, 3.63) is 12.2 Å². The summed E-state index contributed by atoms with van der Waals surface area (Å²) in [6.45, 7) is 12.9. The molecule has 0 aromatic carbocycles. The standard InChI is InChI=1S/C18H32O5/c1-6-8-9-10-18(5,7-2)15(13-16-20-11-12-21-16)22-23-17(19)14(3)4/h15-16H,3,6-13H2,1-2,4-5H3. The van der Waals surface area contributed by atoms with Gasteiger partial charge in [0.25, 0.3) is 0 Å². The molecule has 23 heavy (non-hydrogen) atoms. The van der Waals surface area contributed by atoms with Crippen LogP contribution in [0.1, 0.15) is 66.2 Å². The van der Waals surface area contributed by atoms with Crippen LogP contribution < -0.4 is 0 Å². The molecule has 1 heterocycles. The van der Waals surface area contributed by atoms with Gasteiger partial charge in [-0.2, -0.15) is 4.89 Å². The number of ether oxygens (including phenoxy) is 2. The highest BCUT2D eigenvalue weighted by molar-refractivity contribution is 5.86. The second kappa shape index (κ2) is 10.1. The van der Waals surface area contributed by atoms with E-state index in [9.17, 15) is 4.79 Å². The highest BCUT2D eigenvalue weighted by atomic mass is 17.2. The van der Waals surface area contributed by atoms with Gasteiger partial charge in [-0.1, -0.05) is 46.6 Å². The summed E-state index contributed by atoms with van der Waals surface area (Å²) in [6.07, 6.45) is 5.42. The van der Waals surface area contributed by atoms with E-state index < -0.39 is 5.97 Å². The Hall–Kier alpha value is -0.910. The summed E-state index contributed by atoms with van der Waals surface area (Å²) in [5, 5.41) is 0. The first-order valence-electron chi connectivity index (χ1n) is 8.69. The van der Waals surface area contributed by atoms with Crippen molar-refractivity contribution in [1.82, 2.24) is 0 Å². The van der Waals surface area contributed by atoms with Crippen molar-refractivity contribution in [3.8, 4) is 0 Å². The van der Waals surface area contributed by atoms with Gasteiger partial charge >= 0.3 is 5.97 Å². The molecule has 0 saturated carbocycles. The molecule has 0 radical (unpaired) electrons. The molecule has 5 heteroatoms. The zero-order valence-corrected chi connectivity index (χ0v) is 15.1. The lowest BCUT2D eigenvalue weighted by Gasteiger charge is -2.36. The average Bonchev–Trinajstić information content (AvgIpc) is 3.04. The maximum atomic E-state index is 11.7. The highest BCUT2D eigenvalue weighted by Gasteiger charge is 2.38. The topological polar surface area (TPSA) is 54.0 Å². The third-order valence-electron chi connectivity index (χ3n) is 4.62. The van der Waals surface area contributed by atoms with Gasteiger partial charge in [0.1, 0.15) is 6.10 Å². The van der Waals surface area contributed by atoms with Crippen LogP contribution in [0.25, 0.3) is 0 Å². The molecule has 1 aliphatic rings. The minimum absolute atomic E-state index is 0.0974. The molecular weight excluding hydrogens is 296 g/mol. The van der Waals surface area contributed by atoms with Crippen molar-refractivity contribution in [2.75, 3.05) is 13.2 Å². The second-order valence-corrected chi connectivity index (χ2v) is 6.61. The summed E-state index contributed by atoms with van der Waals surface area (Å²) in [5.41, 5.74) is 0.223. The Morgan fingerprint density at radius 2 is 1.96 bits per heavy atom. The van der Waals surface area contributed by atoms with E-state index in [1.807, 2.05) is 0 Å². The molecule has 0 aromatic heterocycles. The third-order valence-corrected chi connectivity index (χ3v) is 4.62. The highest BCUT2D eigenvalue weighted by Crippen LogP contribution is 2.37. The zero-order valence-electron chi connectivity index (χ0n) is 15.1.